The fourth-order valence-corrected chi connectivity index (χ4v) is 5.61. The van der Waals surface area contributed by atoms with Crippen LogP contribution in [-0.2, 0) is 19.6 Å². The first-order chi connectivity index (χ1) is 21.1. The molecule has 4 aromatic rings. The summed E-state index contributed by atoms with van der Waals surface area (Å²) in [6.07, 6.45) is 0. The molecular formula is C32H33F4N5O3. The van der Waals surface area contributed by atoms with Gasteiger partial charge in [0, 0.05) is 55.6 Å². The van der Waals surface area contributed by atoms with Gasteiger partial charge in [0.05, 0.1) is 20.2 Å². The number of ether oxygens (including phenoxy) is 1. The molecule has 0 radical (unpaired) electrons. The van der Waals surface area contributed by atoms with E-state index in [2.05, 4.69) is 0 Å². The monoisotopic (exact) mass is 611 g/mol. The number of hydrogen-bond acceptors (Lipinski definition) is 6. The minimum atomic E-state index is -0.979. The highest BCUT2D eigenvalue weighted by Crippen LogP contribution is 2.26. The molecule has 1 atom stereocenters. The SMILES string of the molecule is COc1ccc(F)c(F)c1CN1CCN(c2c(C)n(Cc3c(F)cccc3F)c(=O)n(C[C@H](N)c3ccccc3)c2=O)CC1. The summed E-state index contributed by atoms with van der Waals surface area (Å²) >= 11 is 0. The van der Waals surface area contributed by atoms with E-state index in [1.807, 2.05) is 11.0 Å². The summed E-state index contributed by atoms with van der Waals surface area (Å²) < 4.78 is 65.3. The van der Waals surface area contributed by atoms with E-state index in [4.69, 9.17) is 10.5 Å². The minimum absolute atomic E-state index is 0.0851. The van der Waals surface area contributed by atoms with Gasteiger partial charge in [0.2, 0.25) is 0 Å². The third-order valence-corrected chi connectivity index (χ3v) is 8.09. The third-order valence-electron chi connectivity index (χ3n) is 8.09. The molecule has 44 heavy (non-hydrogen) atoms. The van der Waals surface area contributed by atoms with E-state index in [9.17, 15) is 27.2 Å². The zero-order valence-corrected chi connectivity index (χ0v) is 24.4. The summed E-state index contributed by atoms with van der Waals surface area (Å²) in [5, 5.41) is 0. The molecule has 5 rings (SSSR count). The van der Waals surface area contributed by atoms with Crippen LogP contribution >= 0.6 is 0 Å². The number of methoxy groups -OCH3 is 1. The summed E-state index contributed by atoms with van der Waals surface area (Å²) in [7, 11) is 1.38. The number of hydrogen-bond donors (Lipinski definition) is 1. The maximum atomic E-state index is 14.7. The Hall–Kier alpha value is -4.42. The van der Waals surface area contributed by atoms with Gasteiger partial charge in [0.1, 0.15) is 23.1 Å². The summed E-state index contributed by atoms with van der Waals surface area (Å²) in [5.74, 6) is -3.35. The van der Waals surface area contributed by atoms with E-state index in [1.54, 1.807) is 36.1 Å². The Kier molecular flexibility index (Phi) is 9.21. The van der Waals surface area contributed by atoms with Crippen molar-refractivity contribution in [1.29, 1.82) is 0 Å². The second-order valence-electron chi connectivity index (χ2n) is 10.7. The van der Waals surface area contributed by atoms with Crippen molar-refractivity contribution in [1.82, 2.24) is 14.0 Å². The van der Waals surface area contributed by atoms with Crippen LogP contribution in [0.1, 0.15) is 28.4 Å². The Balaban J connectivity index is 1.49. The number of rotatable bonds is 9. The van der Waals surface area contributed by atoms with Crippen LogP contribution in [0.4, 0.5) is 23.2 Å². The molecule has 2 N–H and O–H groups in total. The van der Waals surface area contributed by atoms with Gasteiger partial charge in [-0.25, -0.2) is 22.4 Å². The molecule has 232 valence electrons. The number of halogens is 4. The van der Waals surface area contributed by atoms with Crippen molar-refractivity contribution in [2.45, 2.75) is 32.6 Å². The van der Waals surface area contributed by atoms with E-state index in [0.29, 0.717) is 31.7 Å². The molecule has 0 amide bonds. The quantitative estimate of drug-likeness (QED) is 0.289. The van der Waals surface area contributed by atoms with Gasteiger partial charge in [-0.05, 0) is 36.8 Å². The molecule has 8 nitrogen and oxygen atoms in total. The average Bonchev–Trinajstić information content (AvgIpc) is 3.02. The van der Waals surface area contributed by atoms with Crippen LogP contribution < -0.4 is 26.6 Å². The molecule has 0 bridgehead atoms. The lowest BCUT2D eigenvalue weighted by Crippen LogP contribution is -2.51. The predicted octanol–water partition coefficient (Wildman–Crippen LogP) is 3.95. The van der Waals surface area contributed by atoms with Gasteiger partial charge >= 0.3 is 5.69 Å². The highest BCUT2D eigenvalue weighted by Gasteiger charge is 2.28. The number of aromatic nitrogens is 2. The Morgan fingerprint density at radius 2 is 1.45 bits per heavy atom. The lowest BCUT2D eigenvalue weighted by atomic mass is 10.1. The maximum Gasteiger partial charge on any atom is 0.331 e. The van der Waals surface area contributed by atoms with Gasteiger partial charge in [0.15, 0.2) is 11.6 Å². The third kappa shape index (κ3) is 6.13. The molecule has 3 aromatic carbocycles. The number of nitrogens with two attached hydrogens (primary N) is 1. The summed E-state index contributed by atoms with van der Waals surface area (Å²) in [5.41, 5.74) is 6.04. The molecule has 1 aromatic heterocycles. The fraction of sp³-hybridized carbons (Fsp3) is 0.312. The lowest BCUT2D eigenvalue weighted by molar-refractivity contribution is 0.240. The van der Waals surface area contributed by atoms with Gasteiger partial charge in [-0.2, -0.15) is 0 Å². The molecule has 0 spiro atoms. The highest BCUT2D eigenvalue weighted by atomic mass is 19.2. The van der Waals surface area contributed by atoms with Crippen molar-refractivity contribution in [3.8, 4) is 5.75 Å². The summed E-state index contributed by atoms with van der Waals surface area (Å²) in [6, 6.07) is 14.1. The number of anilines is 1. The van der Waals surface area contributed by atoms with Crippen molar-refractivity contribution in [3.63, 3.8) is 0 Å². The molecule has 1 aliphatic rings. The zero-order chi connectivity index (χ0) is 31.5. The number of benzene rings is 3. The van der Waals surface area contributed by atoms with E-state index in [0.717, 1.165) is 22.8 Å². The smallest absolute Gasteiger partial charge is 0.331 e. The topological polar surface area (TPSA) is 85.7 Å². The molecule has 12 heteroatoms. The zero-order valence-electron chi connectivity index (χ0n) is 24.4. The van der Waals surface area contributed by atoms with Crippen LogP contribution in [0.5, 0.6) is 5.75 Å². The second-order valence-corrected chi connectivity index (χ2v) is 10.7. The number of piperazine rings is 1. The largest absolute Gasteiger partial charge is 0.496 e. The molecule has 0 unspecified atom stereocenters. The molecule has 0 aliphatic carbocycles. The van der Waals surface area contributed by atoms with Crippen LogP contribution in [0, 0.1) is 30.2 Å². The highest BCUT2D eigenvalue weighted by molar-refractivity contribution is 5.50. The average molecular weight is 612 g/mol. The lowest BCUT2D eigenvalue weighted by Gasteiger charge is -2.37. The van der Waals surface area contributed by atoms with Crippen LogP contribution in [0.25, 0.3) is 0 Å². The fourth-order valence-electron chi connectivity index (χ4n) is 5.61. The van der Waals surface area contributed by atoms with Gasteiger partial charge in [-0.15, -0.1) is 0 Å². The van der Waals surface area contributed by atoms with Crippen molar-refractivity contribution in [3.05, 3.63) is 127 Å². The summed E-state index contributed by atoms with van der Waals surface area (Å²) in [6.45, 7) is 2.44. The molecule has 2 heterocycles. The minimum Gasteiger partial charge on any atom is -0.496 e. The molecular weight excluding hydrogens is 578 g/mol. The Labute approximate surface area is 251 Å². The standard InChI is InChI=1S/C32H33F4N5O3/c1-20-30(39-15-13-38(14-16-39)17-23-28(44-2)12-11-26(35)29(23)36)31(42)41(19-27(37)21-7-4-3-5-8-21)32(43)40(20)18-22-24(33)9-6-10-25(22)34/h3-12,27H,13-19,37H2,1-2H3/t27-/m0/s1. The predicted molar refractivity (Wildman–Crippen MR) is 159 cm³/mol. The van der Waals surface area contributed by atoms with Crippen molar-refractivity contribution in [2.24, 2.45) is 5.73 Å². The molecule has 0 saturated carbocycles. The first-order valence-electron chi connectivity index (χ1n) is 14.2. The first kappa shape index (κ1) is 31.0. The maximum absolute atomic E-state index is 14.7. The molecule has 1 aliphatic heterocycles. The Morgan fingerprint density at radius 3 is 2.09 bits per heavy atom. The van der Waals surface area contributed by atoms with Gasteiger partial charge in [0.25, 0.3) is 5.56 Å². The van der Waals surface area contributed by atoms with E-state index < -0.39 is 47.1 Å². The second kappa shape index (κ2) is 13.1. The number of nitrogens with zero attached hydrogens (tertiary/aromatic N) is 4. The van der Waals surface area contributed by atoms with Crippen molar-refractivity contribution >= 4 is 5.69 Å². The molecule has 1 saturated heterocycles. The first-order valence-corrected chi connectivity index (χ1v) is 14.2. The van der Waals surface area contributed by atoms with Crippen molar-refractivity contribution in [2.75, 3.05) is 38.2 Å². The van der Waals surface area contributed by atoms with Crippen LogP contribution in [-0.4, -0.2) is 47.3 Å². The van der Waals surface area contributed by atoms with E-state index in [-0.39, 0.29) is 41.3 Å². The Morgan fingerprint density at radius 1 is 0.795 bits per heavy atom. The van der Waals surface area contributed by atoms with Gasteiger partial charge < -0.3 is 15.4 Å². The van der Waals surface area contributed by atoms with E-state index in [1.165, 1.54) is 23.8 Å². The molecule has 1 fully saturated rings. The van der Waals surface area contributed by atoms with E-state index >= 15 is 0 Å². The van der Waals surface area contributed by atoms with Crippen LogP contribution in [0.3, 0.4) is 0 Å². The summed E-state index contributed by atoms with van der Waals surface area (Å²) in [4.78, 5) is 31.4. The normalized spacial score (nSPS) is 14.6. The van der Waals surface area contributed by atoms with Crippen LogP contribution in [0.2, 0.25) is 0 Å². The van der Waals surface area contributed by atoms with Crippen molar-refractivity contribution < 1.29 is 22.3 Å². The van der Waals surface area contributed by atoms with Crippen LogP contribution in [0.15, 0.2) is 70.3 Å². The Bertz CT molecular complexity index is 1750. The van der Waals surface area contributed by atoms with Gasteiger partial charge in [-0.3, -0.25) is 18.8 Å². The van der Waals surface area contributed by atoms with Gasteiger partial charge in [-0.1, -0.05) is 36.4 Å².